The fourth-order valence-corrected chi connectivity index (χ4v) is 3.51. The molecule has 3 unspecified atom stereocenters. The average molecular weight is 300 g/mol. The normalized spacial score (nSPS) is 34.0. The van der Waals surface area contributed by atoms with E-state index in [1.807, 2.05) is 0 Å². The van der Waals surface area contributed by atoms with Crippen LogP contribution in [-0.4, -0.2) is 61.6 Å². The smallest absolute Gasteiger partial charge is 0.246 e. The molecule has 122 valence electrons. The molecule has 0 bridgehead atoms. The molecule has 6 nitrogen and oxygen atoms in total. The standard InChI is InChI=1S/C15H28N2O4/c1-11-10-21-14-8-12(15(18)16-19)4-5-13(14)9-17(11)6-3-7-20-2/h11-14,19H,3-10H2,1-2H3,(H,16,18)/t11-,12?,13?,14?/m0/s1. The average Bonchev–Trinajstić information content (AvgIpc) is 2.66. The van der Waals surface area contributed by atoms with E-state index in [2.05, 4.69) is 11.8 Å². The van der Waals surface area contributed by atoms with Crippen LogP contribution in [0.3, 0.4) is 0 Å². The van der Waals surface area contributed by atoms with Crippen LogP contribution >= 0.6 is 0 Å². The summed E-state index contributed by atoms with van der Waals surface area (Å²) in [5, 5.41) is 8.78. The summed E-state index contributed by atoms with van der Waals surface area (Å²) in [5.74, 6) is 0.0955. The van der Waals surface area contributed by atoms with Crippen LogP contribution in [0.2, 0.25) is 0 Å². The van der Waals surface area contributed by atoms with E-state index < -0.39 is 0 Å². The summed E-state index contributed by atoms with van der Waals surface area (Å²) in [6.45, 7) is 5.76. The molecule has 1 saturated carbocycles. The number of carbonyl (C=O) groups excluding carboxylic acids is 1. The van der Waals surface area contributed by atoms with Crippen LogP contribution in [0.25, 0.3) is 0 Å². The van der Waals surface area contributed by atoms with Gasteiger partial charge in [0.2, 0.25) is 5.91 Å². The highest BCUT2D eigenvalue weighted by Crippen LogP contribution is 2.34. The zero-order valence-electron chi connectivity index (χ0n) is 13.1. The van der Waals surface area contributed by atoms with Crippen molar-refractivity contribution in [1.82, 2.24) is 10.4 Å². The molecule has 0 aromatic heterocycles. The molecule has 1 heterocycles. The lowest BCUT2D eigenvalue weighted by Gasteiger charge is -2.35. The van der Waals surface area contributed by atoms with Crippen molar-refractivity contribution in [2.75, 3.05) is 33.4 Å². The molecular formula is C15H28N2O4. The molecule has 1 saturated heterocycles. The maximum atomic E-state index is 11.6. The minimum atomic E-state index is -0.272. The molecular weight excluding hydrogens is 272 g/mol. The third-order valence-corrected chi connectivity index (χ3v) is 4.85. The molecule has 21 heavy (non-hydrogen) atoms. The van der Waals surface area contributed by atoms with E-state index in [0.29, 0.717) is 18.6 Å². The molecule has 0 radical (unpaired) electrons. The summed E-state index contributed by atoms with van der Waals surface area (Å²) in [5.41, 5.74) is 1.78. The highest BCUT2D eigenvalue weighted by molar-refractivity contribution is 5.77. The van der Waals surface area contributed by atoms with Gasteiger partial charge in [0.05, 0.1) is 12.7 Å². The molecule has 1 aliphatic heterocycles. The number of hydroxylamine groups is 1. The van der Waals surface area contributed by atoms with E-state index in [-0.39, 0.29) is 17.9 Å². The van der Waals surface area contributed by atoms with Gasteiger partial charge in [0.25, 0.3) is 0 Å². The van der Waals surface area contributed by atoms with Crippen molar-refractivity contribution in [3.05, 3.63) is 0 Å². The van der Waals surface area contributed by atoms with Crippen LogP contribution in [0, 0.1) is 11.8 Å². The molecule has 2 fully saturated rings. The maximum Gasteiger partial charge on any atom is 0.246 e. The molecule has 1 amide bonds. The van der Waals surface area contributed by atoms with Crippen molar-refractivity contribution in [2.24, 2.45) is 11.8 Å². The molecule has 1 aliphatic carbocycles. The number of carbonyl (C=O) groups is 1. The molecule has 2 N–H and O–H groups in total. The van der Waals surface area contributed by atoms with E-state index in [1.54, 1.807) is 12.6 Å². The Morgan fingerprint density at radius 3 is 3.00 bits per heavy atom. The van der Waals surface area contributed by atoms with Gasteiger partial charge in [-0.2, -0.15) is 0 Å². The van der Waals surface area contributed by atoms with Crippen molar-refractivity contribution < 1.29 is 19.5 Å². The van der Waals surface area contributed by atoms with Crippen LogP contribution in [0.4, 0.5) is 0 Å². The number of methoxy groups -OCH3 is 1. The lowest BCUT2D eigenvalue weighted by Crippen LogP contribution is -2.42. The van der Waals surface area contributed by atoms with Crippen LogP contribution in [0.5, 0.6) is 0 Å². The minimum absolute atomic E-state index is 0.119. The predicted molar refractivity (Wildman–Crippen MR) is 78.0 cm³/mol. The SMILES string of the molecule is COCCCN1CC2CCC(C(=O)NO)CC2OC[C@@H]1C. The second-order valence-electron chi connectivity index (χ2n) is 6.31. The van der Waals surface area contributed by atoms with Gasteiger partial charge in [0, 0.05) is 38.8 Å². The predicted octanol–water partition coefficient (Wildman–Crippen LogP) is 1.03. The highest BCUT2D eigenvalue weighted by Gasteiger charge is 2.38. The van der Waals surface area contributed by atoms with E-state index in [9.17, 15) is 4.79 Å². The summed E-state index contributed by atoms with van der Waals surface area (Å²) in [6.07, 6.45) is 3.70. The van der Waals surface area contributed by atoms with Gasteiger partial charge in [-0.25, -0.2) is 5.48 Å². The fraction of sp³-hybridized carbons (Fsp3) is 0.933. The Morgan fingerprint density at radius 1 is 1.48 bits per heavy atom. The zero-order chi connectivity index (χ0) is 15.2. The zero-order valence-corrected chi connectivity index (χ0v) is 13.1. The van der Waals surface area contributed by atoms with Gasteiger partial charge >= 0.3 is 0 Å². The number of rotatable bonds is 5. The third kappa shape index (κ3) is 4.39. The summed E-state index contributed by atoms with van der Waals surface area (Å²) in [7, 11) is 1.73. The Hall–Kier alpha value is -0.690. The van der Waals surface area contributed by atoms with Gasteiger partial charge in [0.1, 0.15) is 0 Å². The minimum Gasteiger partial charge on any atom is -0.385 e. The Kier molecular flexibility index (Phi) is 6.41. The van der Waals surface area contributed by atoms with Gasteiger partial charge in [-0.15, -0.1) is 0 Å². The topological polar surface area (TPSA) is 71.0 Å². The molecule has 0 spiro atoms. The van der Waals surface area contributed by atoms with Crippen LogP contribution in [0.15, 0.2) is 0 Å². The lowest BCUT2D eigenvalue weighted by atomic mass is 9.79. The summed E-state index contributed by atoms with van der Waals surface area (Å²) in [4.78, 5) is 14.1. The summed E-state index contributed by atoms with van der Waals surface area (Å²) >= 11 is 0. The first-order valence-electron chi connectivity index (χ1n) is 7.94. The Balaban J connectivity index is 1.90. The Labute approximate surface area is 126 Å². The number of nitrogens with one attached hydrogen (secondary N) is 1. The second kappa shape index (κ2) is 8.08. The van der Waals surface area contributed by atoms with Gasteiger partial charge in [-0.1, -0.05) is 0 Å². The Morgan fingerprint density at radius 2 is 2.29 bits per heavy atom. The van der Waals surface area contributed by atoms with E-state index in [1.165, 1.54) is 0 Å². The van der Waals surface area contributed by atoms with Gasteiger partial charge in [-0.3, -0.25) is 14.9 Å². The van der Waals surface area contributed by atoms with Crippen molar-refractivity contribution in [1.29, 1.82) is 0 Å². The number of hydrogen-bond acceptors (Lipinski definition) is 5. The van der Waals surface area contributed by atoms with Crippen LogP contribution in [-0.2, 0) is 14.3 Å². The maximum absolute atomic E-state index is 11.6. The number of hydrogen-bond donors (Lipinski definition) is 2. The fourth-order valence-electron chi connectivity index (χ4n) is 3.51. The number of nitrogens with zero attached hydrogens (tertiary/aromatic N) is 1. The van der Waals surface area contributed by atoms with Crippen molar-refractivity contribution in [3.63, 3.8) is 0 Å². The highest BCUT2D eigenvalue weighted by atomic mass is 16.5. The largest absolute Gasteiger partial charge is 0.385 e. The summed E-state index contributed by atoms with van der Waals surface area (Å²) in [6, 6.07) is 0.401. The van der Waals surface area contributed by atoms with Gasteiger partial charge < -0.3 is 9.47 Å². The first-order chi connectivity index (χ1) is 10.2. The first kappa shape index (κ1) is 16.7. The number of amides is 1. The lowest BCUT2D eigenvalue weighted by molar-refractivity contribution is -0.137. The molecule has 0 aromatic carbocycles. The third-order valence-electron chi connectivity index (χ3n) is 4.85. The first-order valence-corrected chi connectivity index (χ1v) is 7.94. The molecule has 0 aromatic rings. The summed E-state index contributed by atoms with van der Waals surface area (Å²) < 4.78 is 11.2. The van der Waals surface area contributed by atoms with E-state index >= 15 is 0 Å². The number of ether oxygens (including phenoxy) is 2. The quantitative estimate of drug-likeness (QED) is 0.451. The molecule has 4 atom stereocenters. The molecule has 6 heteroatoms. The van der Waals surface area contributed by atoms with Crippen LogP contribution < -0.4 is 5.48 Å². The molecule has 2 aliphatic rings. The monoisotopic (exact) mass is 300 g/mol. The van der Waals surface area contributed by atoms with Crippen LogP contribution in [0.1, 0.15) is 32.6 Å². The van der Waals surface area contributed by atoms with Crippen molar-refractivity contribution in [3.8, 4) is 0 Å². The second-order valence-corrected chi connectivity index (χ2v) is 6.31. The van der Waals surface area contributed by atoms with E-state index in [0.717, 1.165) is 45.4 Å². The van der Waals surface area contributed by atoms with Crippen molar-refractivity contribution in [2.45, 2.75) is 44.8 Å². The van der Waals surface area contributed by atoms with Crippen molar-refractivity contribution >= 4 is 5.91 Å². The van der Waals surface area contributed by atoms with Gasteiger partial charge in [-0.05, 0) is 38.5 Å². The van der Waals surface area contributed by atoms with E-state index in [4.69, 9.17) is 14.7 Å². The number of fused-ring (bicyclic) bond motifs is 1. The Bertz CT molecular complexity index is 340. The molecule has 2 rings (SSSR count). The van der Waals surface area contributed by atoms with Gasteiger partial charge in [0.15, 0.2) is 0 Å².